The van der Waals surface area contributed by atoms with Crippen LogP contribution in [0.25, 0.3) is 22.3 Å². The van der Waals surface area contributed by atoms with Gasteiger partial charge < -0.3 is 50.0 Å². The van der Waals surface area contributed by atoms with E-state index in [1.807, 2.05) is 0 Å². The smallest absolute Gasteiger partial charge is 0.325 e. The van der Waals surface area contributed by atoms with Gasteiger partial charge in [0.05, 0.1) is 31.6 Å². The Morgan fingerprint density at radius 2 is 1.30 bits per heavy atom. The van der Waals surface area contributed by atoms with E-state index in [0.717, 1.165) is 0 Å². The van der Waals surface area contributed by atoms with Gasteiger partial charge in [-0.1, -0.05) is 0 Å². The Balaban J connectivity index is 1.17. The maximum Gasteiger partial charge on any atom is 0.325 e. The fourth-order valence-corrected chi connectivity index (χ4v) is 8.22. The molecule has 0 aromatic carbocycles. The molecule has 0 spiro atoms. The van der Waals surface area contributed by atoms with Crippen LogP contribution in [0.2, 0.25) is 0 Å². The summed E-state index contributed by atoms with van der Waals surface area (Å²) in [5, 5.41) is 22.5. The minimum absolute atomic E-state index is 0.114. The lowest BCUT2D eigenvalue weighted by atomic mass is 10.1. The molecule has 3 aliphatic rings. The molecule has 4 aromatic rings. The van der Waals surface area contributed by atoms with Crippen LogP contribution in [0.3, 0.4) is 0 Å². The highest BCUT2D eigenvalue weighted by molar-refractivity contribution is 8.07. The normalized spacial score (nSPS) is 38.3. The molecule has 23 heteroatoms. The summed E-state index contributed by atoms with van der Waals surface area (Å²) in [7, 11) is 0. The average molecular weight is 690 g/mol. The zero-order valence-corrected chi connectivity index (χ0v) is 25.6. The fraction of sp³-hybridized carbons (Fsp3) is 0.476. The van der Waals surface area contributed by atoms with Crippen molar-refractivity contribution in [2.75, 3.05) is 24.7 Å². The molecular formula is C21H25N9O10P2S2. The van der Waals surface area contributed by atoms with Crippen LogP contribution in [-0.4, -0.2) is 104 Å². The van der Waals surface area contributed by atoms with E-state index in [4.69, 9.17) is 62.6 Å². The van der Waals surface area contributed by atoms with Crippen LogP contribution in [0.4, 0.5) is 11.5 Å². The molecule has 0 saturated carbocycles. The van der Waals surface area contributed by atoms with Crippen LogP contribution in [0, 0.1) is 0 Å². The highest BCUT2D eigenvalue weighted by Crippen LogP contribution is 2.54. The molecule has 4 aromatic heterocycles. The monoisotopic (exact) mass is 689 g/mol. The lowest BCUT2D eigenvalue weighted by Gasteiger charge is -2.30. The fourth-order valence-electron chi connectivity index (χ4n) is 5.33. The second-order valence-electron chi connectivity index (χ2n) is 10.1. The largest absolute Gasteiger partial charge is 0.397 e. The molecule has 0 radical (unpaired) electrons. The van der Waals surface area contributed by atoms with Gasteiger partial charge in [0.15, 0.2) is 29.6 Å². The number of anilines is 2. The molecule has 0 bridgehead atoms. The molecule has 19 nitrogen and oxygen atoms in total. The summed E-state index contributed by atoms with van der Waals surface area (Å²) in [6, 6.07) is 1.57. The third-order valence-electron chi connectivity index (χ3n) is 7.36. The first-order chi connectivity index (χ1) is 20.9. The number of pyridine rings is 1. The maximum atomic E-state index is 11.3. The summed E-state index contributed by atoms with van der Waals surface area (Å²) in [4.78, 5) is 42.8. The van der Waals surface area contributed by atoms with Gasteiger partial charge in [-0.3, -0.25) is 18.2 Å². The van der Waals surface area contributed by atoms with Gasteiger partial charge in [0.1, 0.15) is 54.0 Å². The second kappa shape index (κ2) is 11.2. The molecule has 3 saturated heterocycles. The third-order valence-corrected chi connectivity index (χ3v) is 10.5. The predicted molar refractivity (Wildman–Crippen MR) is 156 cm³/mol. The number of fused-ring (bicyclic) bond motifs is 4. The van der Waals surface area contributed by atoms with Crippen molar-refractivity contribution in [2.45, 2.75) is 49.1 Å². The number of nitrogen functional groups attached to an aromatic ring is 2. The SMILES string of the molecule is Nc1ncnc2c1ncn2[C@@H]1O[C@@H]2COP(O)(=S)OC3[C@@H](COP(O)(=S)O[C@@H]2C1O)O[C@@H](n1cnc2c(N)ccnc21)[C@H]3O. The lowest BCUT2D eigenvalue weighted by molar-refractivity contribution is -0.0593. The van der Waals surface area contributed by atoms with Crippen molar-refractivity contribution in [2.24, 2.45) is 0 Å². The molecule has 0 aliphatic carbocycles. The molecule has 3 aliphatic heterocycles. The topological polar surface area (TPSA) is 263 Å². The van der Waals surface area contributed by atoms with E-state index >= 15 is 0 Å². The number of hydrogen-bond acceptors (Lipinski definition) is 17. The van der Waals surface area contributed by atoms with Crippen molar-refractivity contribution < 1.29 is 47.6 Å². The number of rotatable bonds is 2. The van der Waals surface area contributed by atoms with Crippen molar-refractivity contribution in [3.8, 4) is 0 Å². The summed E-state index contributed by atoms with van der Waals surface area (Å²) in [5.74, 6) is 0.114. The summed E-state index contributed by atoms with van der Waals surface area (Å²) in [6.45, 7) is -9.16. The number of ether oxygens (including phenoxy) is 2. The Hall–Kier alpha value is -2.33. The Morgan fingerprint density at radius 1 is 0.773 bits per heavy atom. The van der Waals surface area contributed by atoms with Crippen LogP contribution >= 0.6 is 13.4 Å². The van der Waals surface area contributed by atoms with Gasteiger partial charge in [0.2, 0.25) is 0 Å². The first-order valence-electron chi connectivity index (χ1n) is 12.9. The van der Waals surface area contributed by atoms with E-state index in [0.29, 0.717) is 16.9 Å². The van der Waals surface area contributed by atoms with Gasteiger partial charge in [-0.05, 0) is 29.7 Å². The Morgan fingerprint density at radius 3 is 1.86 bits per heavy atom. The standard InChI is InChI=1S/C21H25N9O10P2S2/c22-8-1-2-24-18-11(8)27-6-29(18)20-13(31)15-9(37-20)3-35-42(34,44)40-16-10(4-36-41(33,43)39-15)38-21(14(16)32)30-7-28-12-17(23)25-5-26-19(12)30/h1-2,5-7,9-10,13-16,20-21,31-32H,3-4H2,(H2,22,24)(H,33,43)(H,34,44)(H2,23,25,26)/t9-,10-,13+,14?,15?,16+,20-,21-,41?,42?/m1/s1. The third kappa shape index (κ3) is 5.31. The van der Waals surface area contributed by atoms with E-state index < -0.39 is 75.7 Å². The van der Waals surface area contributed by atoms with Gasteiger partial charge in [0, 0.05) is 6.20 Å². The number of aliphatic hydroxyl groups excluding tert-OH is 2. The van der Waals surface area contributed by atoms with Crippen molar-refractivity contribution in [1.82, 2.24) is 34.1 Å². The molecule has 236 valence electrons. The average Bonchev–Trinajstić information content (AvgIpc) is 3.73. The lowest BCUT2D eigenvalue weighted by Crippen LogP contribution is -2.39. The van der Waals surface area contributed by atoms with Crippen molar-refractivity contribution >= 4 is 70.9 Å². The number of nitrogens with two attached hydrogens (primary N) is 2. The molecule has 44 heavy (non-hydrogen) atoms. The summed E-state index contributed by atoms with van der Waals surface area (Å²) in [6.07, 6.45) is -4.74. The van der Waals surface area contributed by atoms with Gasteiger partial charge in [-0.2, -0.15) is 0 Å². The minimum atomic E-state index is -4.11. The summed E-state index contributed by atoms with van der Waals surface area (Å²) in [5.41, 5.74) is 13.5. The molecule has 7 rings (SSSR count). The molecule has 8 N–H and O–H groups in total. The molecule has 7 heterocycles. The number of hydrogen-bond donors (Lipinski definition) is 6. The van der Waals surface area contributed by atoms with E-state index in [1.54, 1.807) is 6.07 Å². The Kier molecular flexibility index (Phi) is 7.71. The molecule has 10 atom stereocenters. The quantitative estimate of drug-likeness (QED) is 0.141. The first-order valence-corrected chi connectivity index (χ1v) is 18.1. The van der Waals surface area contributed by atoms with Crippen molar-refractivity contribution in [3.05, 3.63) is 31.2 Å². The van der Waals surface area contributed by atoms with E-state index in [9.17, 15) is 20.0 Å². The van der Waals surface area contributed by atoms with E-state index in [1.165, 1.54) is 34.3 Å². The number of aromatic nitrogens is 7. The van der Waals surface area contributed by atoms with E-state index in [2.05, 4.69) is 24.9 Å². The molecule has 3 fully saturated rings. The van der Waals surface area contributed by atoms with Gasteiger partial charge in [-0.15, -0.1) is 0 Å². The second-order valence-corrected chi connectivity index (χ2v) is 15.7. The van der Waals surface area contributed by atoms with Gasteiger partial charge >= 0.3 is 13.4 Å². The molecule has 0 amide bonds. The van der Waals surface area contributed by atoms with Crippen molar-refractivity contribution in [3.63, 3.8) is 0 Å². The van der Waals surface area contributed by atoms with Gasteiger partial charge in [0.25, 0.3) is 0 Å². The zero-order valence-electron chi connectivity index (χ0n) is 22.2. The highest BCUT2D eigenvalue weighted by Gasteiger charge is 2.52. The zero-order chi connectivity index (χ0) is 31.0. The number of aliphatic hydroxyl groups is 2. The van der Waals surface area contributed by atoms with Crippen LogP contribution in [-0.2, 0) is 51.2 Å². The summed E-state index contributed by atoms with van der Waals surface area (Å²) < 4.78 is 37.5. The highest BCUT2D eigenvalue weighted by atomic mass is 32.5. The Bertz CT molecular complexity index is 1700. The minimum Gasteiger partial charge on any atom is -0.397 e. The van der Waals surface area contributed by atoms with Crippen LogP contribution in [0.5, 0.6) is 0 Å². The van der Waals surface area contributed by atoms with Crippen LogP contribution in [0.15, 0.2) is 31.2 Å². The summed E-state index contributed by atoms with van der Waals surface area (Å²) >= 11 is 10.5. The van der Waals surface area contributed by atoms with Gasteiger partial charge in [-0.25, -0.2) is 24.9 Å². The number of nitrogens with zero attached hydrogens (tertiary/aromatic N) is 7. The molecule has 4 unspecified atom stereocenters. The Labute approximate surface area is 257 Å². The maximum absolute atomic E-state index is 11.3. The van der Waals surface area contributed by atoms with E-state index in [-0.39, 0.29) is 17.0 Å². The first kappa shape index (κ1) is 30.3. The van der Waals surface area contributed by atoms with Crippen molar-refractivity contribution in [1.29, 1.82) is 0 Å². The molecular weight excluding hydrogens is 664 g/mol. The van der Waals surface area contributed by atoms with Crippen LogP contribution < -0.4 is 11.5 Å². The van der Waals surface area contributed by atoms with Crippen LogP contribution in [0.1, 0.15) is 12.5 Å². The number of imidazole rings is 2. The predicted octanol–water partition coefficient (Wildman–Crippen LogP) is -0.797.